The highest BCUT2D eigenvalue weighted by atomic mass is 35.5. The molecule has 1 atom stereocenters. The first-order chi connectivity index (χ1) is 13.8. The largest absolute Gasteiger partial charge is 0.478 e. The van der Waals surface area contributed by atoms with Crippen LogP contribution in [0.25, 0.3) is 0 Å². The van der Waals surface area contributed by atoms with Gasteiger partial charge in [0.2, 0.25) is 0 Å². The summed E-state index contributed by atoms with van der Waals surface area (Å²) < 4.78 is 5.84. The van der Waals surface area contributed by atoms with Crippen LogP contribution in [0.3, 0.4) is 0 Å². The van der Waals surface area contributed by atoms with Crippen molar-refractivity contribution in [2.24, 2.45) is 0 Å². The summed E-state index contributed by atoms with van der Waals surface area (Å²) in [5.41, 5.74) is 0.493. The van der Waals surface area contributed by atoms with Gasteiger partial charge in [-0.1, -0.05) is 53.5 Å². The summed E-state index contributed by atoms with van der Waals surface area (Å²) in [5, 5.41) is 14.7. The van der Waals surface area contributed by atoms with Crippen molar-refractivity contribution in [3.05, 3.63) is 94.0 Å². The van der Waals surface area contributed by atoms with E-state index in [1.165, 1.54) is 0 Å². The zero-order chi connectivity index (χ0) is 21.0. The van der Waals surface area contributed by atoms with E-state index in [1.807, 2.05) is 30.3 Å². The predicted octanol–water partition coefficient (Wildman–Crippen LogP) is 5.87. The minimum atomic E-state index is -1.16. The number of carbonyl (C=O) groups is 1. The molecule has 0 heterocycles. The average Bonchev–Trinajstić information content (AvgIpc) is 2.71. The van der Waals surface area contributed by atoms with Gasteiger partial charge in [0.15, 0.2) is 5.60 Å². The molecular weight excluding hydrogens is 409 g/mol. The predicted molar refractivity (Wildman–Crippen MR) is 117 cm³/mol. The lowest BCUT2D eigenvalue weighted by atomic mass is 9.99. The molecule has 0 fully saturated rings. The van der Waals surface area contributed by atoms with Crippen LogP contribution in [0, 0.1) is 0 Å². The topological polar surface area (TPSA) is 58.6 Å². The fraction of sp³-hybridized carbons (Fsp3) is 0.174. The molecule has 0 aliphatic carbocycles. The number of nitrogens with one attached hydrogen (secondary N) is 1. The maximum Gasteiger partial charge on any atom is 0.267 e. The molecule has 0 spiro atoms. The van der Waals surface area contributed by atoms with E-state index in [2.05, 4.69) is 5.32 Å². The molecule has 1 amide bonds. The lowest BCUT2D eigenvalue weighted by Gasteiger charge is -2.26. The smallest absolute Gasteiger partial charge is 0.267 e. The van der Waals surface area contributed by atoms with Crippen LogP contribution in [0.5, 0.6) is 5.75 Å². The van der Waals surface area contributed by atoms with Gasteiger partial charge in [-0.15, -0.1) is 0 Å². The minimum absolute atomic E-state index is 0.365. The standard InChI is InChI=1S/C23H21Cl2NO3/c1-23(2,29-18-11-8-16(24)9-12-18)22(28)26-20-13-10-17(25)14-19(20)21(27)15-6-4-3-5-7-15/h3-14,21,27H,1-2H3,(H,26,28)/t21-/m0/s1. The van der Waals surface area contributed by atoms with Crippen molar-refractivity contribution in [3.8, 4) is 5.75 Å². The molecule has 150 valence electrons. The summed E-state index contributed by atoms with van der Waals surface area (Å²) in [6.07, 6.45) is -0.939. The lowest BCUT2D eigenvalue weighted by Crippen LogP contribution is -2.42. The molecule has 2 N–H and O–H groups in total. The highest BCUT2D eigenvalue weighted by Gasteiger charge is 2.31. The van der Waals surface area contributed by atoms with Gasteiger partial charge in [0.05, 0.1) is 0 Å². The van der Waals surface area contributed by atoms with Crippen molar-refractivity contribution in [2.75, 3.05) is 5.32 Å². The van der Waals surface area contributed by atoms with Crippen LogP contribution in [-0.2, 0) is 4.79 Å². The van der Waals surface area contributed by atoms with Crippen molar-refractivity contribution in [2.45, 2.75) is 25.6 Å². The molecule has 0 saturated heterocycles. The second kappa shape index (κ2) is 8.87. The second-order valence-corrected chi connectivity index (χ2v) is 7.94. The Morgan fingerprint density at radius 3 is 2.24 bits per heavy atom. The number of carbonyl (C=O) groups excluding carboxylic acids is 1. The zero-order valence-electron chi connectivity index (χ0n) is 16.0. The fourth-order valence-electron chi connectivity index (χ4n) is 2.80. The van der Waals surface area contributed by atoms with Crippen molar-refractivity contribution in [1.82, 2.24) is 0 Å². The number of ether oxygens (including phenoxy) is 1. The van der Waals surface area contributed by atoms with Crippen LogP contribution in [0.2, 0.25) is 10.0 Å². The van der Waals surface area contributed by atoms with E-state index in [0.29, 0.717) is 32.6 Å². The fourth-order valence-corrected chi connectivity index (χ4v) is 3.11. The van der Waals surface area contributed by atoms with Crippen LogP contribution in [0.15, 0.2) is 72.8 Å². The van der Waals surface area contributed by atoms with E-state index < -0.39 is 11.7 Å². The van der Waals surface area contributed by atoms with Crippen LogP contribution < -0.4 is 10.1 Å². The van der Waals surface area contributed by atoms with Crippen LogP contribution >= 0.6 is 23.2 Å². The van der Waals surface area contributed by atoms with E-state index in [0.717, 1.165) is 0 Å². The summed E-state index contributed by atoms with van der Waals surface area (Å²) in [6.45, 7) is 3.33. The minimum Gasteiger partial charge on any atom is -0.478 e. The lowest BCUT2D eigenvalue weighted by molar-refractivity contribution is -0.128. The van der Waals surface area contributed by atoms with Gasteiger partial charge in [0.1, 0.15) is 11.9 Å². The molecule has 6 heteroatoms. The van der Waals surface area contributed by atoms with Gasteiger partial charge >= 0.3 is 0 Å². The number of halogens is 2. The van der Waals surface area contributed by atoms with Crippen molar-refractivity contribution >= 4 is 34.8 Å². The Morgan fingerprint density at radius 2 is 1.59 bits per heavy atom. The second-order valence-electron chi connectivity index (χ2n) is 7.07. The number of rotatable bonds is 6. The van der Waals surface area contributed by atoms with Crippen LogP contribution in [0.1, 0.15) is 31.1 Å². The van der Waals surface area contributed by atoms with Crippen molar-refractivity contribution < 1.29 is 14.6 Å². The van der Waals surface area contributed by atoms with Gasteiger partial charge in [0, 0.05) is 21.3 Å². The first-order valence-electron chi connectivity index (χ1n) is 9.05. The Morgan fingerprint density at radius 1 is 0.966 bits per heavy atom. The summed E-state index contributed by atoms with van der Waals surface area (Å²) in [5.74, 6) is 0.159. The van der Waals surface area contributed by atoms with Gasteiger partial charge in [-0.2, -0.15) is 0 Å². The van der Waals surface area contributed by atoms with E-state index in [4.69, 9.17) is 27.9 Å². The van der Waals surface area contributed by atoms with Gasteiger partial charge in [-0.3, -0.25) is 4.79 Å². The summed E-state index contributed by atoms with van der Waals surface area (Å²) in [6, 6.07) is 20.9. The summed E-state index contributed by atoms with van der Waals surface area (Å²) in [7, 11) is 0. The zero-order valence-corrected chi connectivity index (χ0v) is 17.5. The molecule has 29 heavy (non-hydrogen) atoms. The molecule has 0 aromatic heterocycles. The van der Waals surface area contributed by atoms with E-state index in [-0.39, 0.29) is 5.91 Å². The van der Waals surface area contributed by atoms with E-state index in [1.54, 1.807) is 56.3 Å². The van der Waals surface area contributed by atoms with Gasteiger partial charge < -0.3 is 15.2 Å². The normalized spacial score (nSPS) is 12.3. The van der Waals surface area contributed by atoms with Crippen molar-refractivity contribution in [3.63, 3.8) is 0 Å². The highest BCUT2D eigenvalue weighted by Crippen LogP contribution is 2.32. The first-order valence-corrected chi connectivity index (χ1v) is 9.80. The number of anilines is 1. The number of hydrogen-bond donors (Lipinski definition) is 2. The average molecular weight is 430 g/mol. The highest BCUT2D eigenvalue weighted by molar-refractivity contribution is 6.31. The van der Waals surface area contributed by atoms with E-state index >= 15 is 0 Å². The van der Waals surface area contributed by atoms with Crippen molar-refractivity contribution in [1.29, 1.82) is 0 Å². The van der Waals surface area contributed by atoms with E-state index in [9.17, 15) is 9.90 Å². The Bertz CT molecular complexity index is 989. The van der Waals surface area contributed by atoms with Gasteiger partial charge in [-0.05, 0) is 61.9 Å². The molecule has 4 nitrogen and oxygen atoms in total. The molecular formula is C23H21Cl2NO3. The maximum atomic E-state index is 12.9. The molecule has 0 bridgehead atoms. The molecule has 0 saturated carbocycles. The number of aliphatic hydroxyl groups excluding tert-OH is 1. The van der Waals surface area contributed by atoms with Gasteiger partial charge in [-0.25, -0.2) is 0 Å². The molecule has 0 aliphatic rings. The maximum absolute atomic E-state index is 12.9. The Labute approximate surface area is 180 Å². The monoisotopic (exact) mass is 429 g/mol. The molecule has 0 unspecified atom stereocenters. The first kappa shape index (κ1) is 21.2. The third-order valence-electron chi connectivity index (χ3n) is 4.41. The molecule has 3 rings (SSSR count). The Balaban J connectivity index is 1.83. The van der Waals surface area contributed by atoms with Gasteiger partial charge in [0.25, 0.3) is 5.91 Å². The third-order valence-corrected chi connectivity index (χ3v) is 4.89. The summed E-state index contributed by atoms with van der Waals surface area (Å²) in [4.78, 5) is 12.9. The van der Waals surface area contributed by atoms with Crippen LogP contribution in [0.4, 0.5) is 5.69 Å². The molecule has 0 aliphatic heterocycles. The SMILES string of the molecule is CC(C)(Oc1ccc(Cl)cc1)C(=O)Nc1ccc(Cl)cc1[C@@H](O)c1ccccc1. The number of hydrogen-bond acceptors (Lipinski definition) is 3. The number of aliphatic hydroxyl groups is 1. The summed E-state index contributed by atoms with van der Waals surface area (Å²) >= 11 is 12.0. The Kier molecular flexibility index (Phi) is 6.48. The molecule has 3 aromatic rings. The number of amides is 1. The number of benzene rings is 3. The third kappa shape index (κ3) is 5.30. The van der Waals surface area contributed by atoms with Crippen LogP contribution in [-0.4, -0.2) is 16.6 Å². The Hall–Kier alpha value is -2.53. The quantitative estimate of drug-likeness (QED) is 0.514. The molecule has 0 radical (unpaired) electrons. The molecule has 3 aromatic carbocycles.